The molecule has 2 aliphatic carbocycles. The molecule has 1 heterocycles. The maximum Gasteiger partial charge on any atom is 0.243 e. The molecule has 1 amide bonds. The first kappa shape index (κ1) is 28.1. The van der Waals surface area contributed by atoms with Gasteiger partial charge in [-0.05, 0) is 67.3 Å². The Hall–Kier alpha value is -3.42. The van der Waals surface area contributed by atoms with E-state index in [0.29, 0.717) is 23.5 Å². The highest BCUT2D eigenvalue weighted by atomic mass is 19.2. The van der Waals surface area contributed by atoms with Crippen molar-refractivity contribution in [2.45, 2.75) is 82.7 Å². The molecule has 5 rings (SSSR count). The van der Waals surface area contributed by atoms with Crippen LogP contribution >= 0.6 is 0 Å². The number of methoxy groups -OCH3 is 2. The molecule has 0 radical (unpaired) electrons. The molecule has 6 nitrogen and oxygen atoms in total. The molecule has 2 fully saturated rings. The second-order valence-electron chi connectivity index (χ2n) is 11.1. The molecule has 40 heavy (non-hydrogen) atoms. The summed E-state index contributed by atoms with van der Waals surface area (Å²) in [6.45, 7) is 0. The number of aromatic nitrogens is 2. The molecule has 1 unspecified atom stereocenters. The number of halogens is 2. The fourth-order valence-corrected chi connectivity index (χ4v) is 6.47. The lowest BCUT2D eigenvalue weighted by atomic mass is 9.82. The van der Waals surface area contributed by atoms with Gasteiger partial charge in [-0.1, -0.05) is 50.7 Å². The van der Waals surface area contributed by atoms with Gasteiger partial charge < -0.3 is 19.4 Å². The van der Waals surface area contributed by atoms with Crippen molar-refractivity contribution < 1.29 is 23.0 Å². The number of nitrogens with one attached hydrogen (secondary N) is 1. The summed E-state index contributed by atoms with van der Waals surface area (Å²) in [6, 6.07) is 7.88. The van der Waals surface area contributed by atoms with Crippen molar-refractivity contribution in [1.82, 2.24) is 14.9 Å². The summed E-state index contributed by atoms with van der Waals surface area (Å²) in [5.41, 5.74) is 1.52. The predicted octanol–water partition coefficient (Wildman–Crippen LogP) is 7.01. The normalized spacial score (nSPS) is 17.4. The van der Waals surface area contributed by atoms with E-state index in [1.165, 1.54) is 6.42 Å². The third kappa shape index (κ3) is 6.01. The molecular formula is C32H39F2N3O3. The first-order valence-electron chi connectivity index (χ1n) is 14.5. The van der Waals surface area contributed by atoms with Crippen LogP contribution in [-0.4, -0.2) is 35.7 Å². The van der Waals surface area contributed by atoms with E-state index in [0.717, 1.165) is 69.4 Å². The fourth-order valence-electron chi connectivity index (χ4n) is 6.47. The van der Waals surface area contributed by atoms with Crippen molar-refractivity contribution in [3.05, 3.63) is 65.5 Å². The third-order valence-corrected chi connectivity index (χ3v) is 8.53. The van der Waals surface area contributed by atoms with E-state index in [1.54, 1.807) is 43.3 Å². The van der Waals surface area contributed by atoms with Gasteiger partial charge in [0.1, 0.15) is 11.9 Å². The zero-order valence-electron chi connectivity index (χ0n) is 23.4. The van der Waals surface area contributed by atoms with Gasteiger partial charge in [0.2, 0.25) is 5.91 Å². The lowest BCUT2D eigenvalue weighted by molar-refractivity contribution is -0.127. The first-order chi connectivity index (χ1) is 19.5. The molecule has 0 aliphatic heterocycles. The average Bonchev–Trinajstić information content (AvgIpc) is 3.45. The van der Waals surface area contributed by atoms with Crippen LogP contribution in [0.15, 0.2) is 42.7 Å². The largest absolute Gasteiger partial charge is 0.493 e. The second-order valence-corrected chi connectivity index (χ2v) is 11.1. The smallest absolute Gasteiger partial charge is 0.243 e. The van der Waals surface area contributed by atoms with Gasteiger partial charge in [-0.3, -0.25) is 4.79 Å². The number of carbonyl (C=O) groups excluding carboxylic acids is 1. The number of hydrogen-bond donors (Lipinski definition) is 1. The zero-order chi connectivity index (χ0) is 28.1. The average molecular weight is 552 g/mol. The molecule has 214 valence electrons. The molecule has 0 spiro atoms. The Bertz CT molecular complexity index is 1310. The van der Waals surface area contributed by atoms with Crippen LogP contribution in [0.4, 0.5) is 8.78 Å². The lowest BCUT2D eigenvalue weighted by Gasteiger charge is -2.33. The SMILES string of the molecule is COc1ccc(Cc2ccc(F)c(F)c2-c2nccn2C(C(=O)NC2CCCCC2)C2CCCCC2)cc1OC. The Morgan fingerprint density at radius 1 is 0.975 bits per heavy atom. The van der Waals surface area contributed by atoms with Crippen molar-refractivity contribution in [2.75, 3.05) is 14.2 Å². The molecule has 2 aromatic carbocycles. The molecule has 2 aliphatic rings. The van der Waals surface area contributed by atoms with Crippen molar-refractivity contribution in [2.24, 2.45) is 5.92 Å². The third-order valence-electron chi connectivity index (χ3n) is 8.53. The van der Waals surface area contributed by atoms with Crippen LogP contribution in [0.5, 0.6) is 11.5 Å². The molecule has 1 atom stereocenters. The highest BCUT2D eigenvalue weighted by molar-refractivity contribution is 5.82. The van der Waals surface area contributed by atoms with Crippen LogP contribution in [0.25, 0.3) is 11.4 Å². The minimum atomic E-state index is -0.958. The maximum absolute atomic E-state index is 15.7. The number of rotatable bonds is 9. The van der Waals surface area contributed by atoms with E-state index in [-0.39, 0.29) is 29.3 Å². The van der Waals surface area contributed by atoms with Gasteiger partial charge in [0.15, 0.2) is 23.1 Å². The van der Waals surface area contributed by atoms with E-state index in [4.69, 9.17) is 9.47 Å². The van der Waals surface area contributed by atoms with Gasteiger partial charge >= 0.3 is 0 Å². The van der Waals surface area contributed by atoms with Crippen molar-refractivity contribution >= 4 is 5.91 Å². The summed E-state index contributed by atoms with van der Waals surface area (Å²) in [7, 11) is 3.13. The molecule has 0 bridgehead atoms. The van der Waals surface area contributed by atoms with E-state index < -0.39 is 17.7 Å². The van der Waals surface area contributed by atoms with Crippen LogP contribution in [0, 0.1) is 17.6 Å². The van der Waals surface area contributed by atoms with Crippen LogP contribution in [-0.2, 0) is 11.2 Å². The predicted molar refractivity (Wildman–Crippen MR) is 151 cm³/mol. The Balaban J connectivity index is 1.54. The standard InChI is InChI=1S/C32H39F2N3O3/c1-39-26-16-13-21(20-27(26)40-2)19-23-14-15-25(33)29(34)28(23)31-35-17-18-37(31)30(22-9-5-3-6-10-22)32(38)36-24-11-7-4-8-12-24/h13-18,20,22,24,30H,3-12,19H2,1-2H3,(H,36,38). The number of ether oxygens (including phenoxy) is 2. The fraction of sp³-hybridized carbons (Fsp3) is 0.500. The highest BCUT2D eigenvalue weighted by Crippen LogP contribution is 2.38. The molecule has 1 N–H and O–H groups in total. The Morgan fingerprint density at radius 2 is 1.68 bits per heavy atom. The second kappa shape index (κ2) is 12.8. The number of amides is 1. The van der Waals surface area contributed by atoms with Gasteiger partial charge in [-0.2, -0.15) is 0 Å². The molecule has 1 aromatic heterocycles. The summed E-state index contributed by atoms with van der Waals surface area (Å²) in [5.74, 6) is -0.412. The monoisotopic (exact) mass is 551 g/mol. The van der Waals surface area contributed by atoms with Crippen molar-refractivity contribution in [3.8, 4) is 22.9 Å². The van der Waals surface area contributed by atoms with Gasteiger partial charge in [0.25, 0.3) is 0 Å². The van der Waals surface area contributed by atoms with E-state index >= 15 is 4.39 Å². The van der Waals surface area contributed by atoms with E-state index in [1.807, 2.05) is 12.1 Å². The maximum atomic E-state index is 15.7. The Kier molecular flexibility index (Phi) is 9.02. The summed E-state index contributed by atoms with van der Waals surface area (Å²) in [6.07, 6.45) is 14.2. The number of imidazole rings is 1. The summed E-state index contributed by atoms with van der Waals surface area (Å²) >= 11 is 0. The molecule has 2 saturated carbocycles. The quantitative estimate of drug-likeness (QED) is 0.311. The Morgan fingerprint density at radius 3 is 2.38 bits per heavy atom. The number of carbonyl (C=O) groups is 1. The minimum Gasteiger partial charge on any atom is -0.493 e. The van der Waals surface area contributed by atoms with E-state index in [2.05, 4.69) is 10.3 Å². The van der Waals surface area contributed by atoms with Crippen LogP contribution in [0.3, 0.4) is 0 Å². The number of nitrogens with zero attached hydrogens (tertiary/aromatic N) is 2. The van der Waals surface area contributed by atoms with Gasteiger partial charge in [-0.15, -0.1) is 0 Å². The molecule has 0 saturated heterocycles. The summed E-state index contributed by atoms with van der Waals surface area (Å²) in [5, 5.41) is 3.31. The van der Waals surface area contributed by atoms with Crippen LogP contribution in [0.1, 0.15) is 81.4 Å². The summed E-state index contributed by atoms with van der Waals surface area (Å²) in [4.78, 5) is 18.4. The Labute approximate surface area is 235 Å². The van der Waals surface area contributed by atoms with Crippen molar-refractivity contribution in [1.29, 1.82) is 0 Å². The minimum absolute atomic E-state index is 0.0451. The summed E-state index contributed by atoms with van der Waals surface area (Å²) < 4.78 is 43.0. The number of benzene rings is 2. The lowest BCUT2D eigenvalue weighted by Crippen LogP contribution is -2.43. The molecule has 3 aromatic rings. The van der Waals surface area contributed by atoms with E-state index in [9.17, 15) is 9.18 Å². The van der Waals surface area contributed by atoms with Crippen molar-refractivity contribution in [3.63, 3.8) is 0 Å². The van der Waals surface area contributed by atoms with Crippen LogP contribution in [0.2, 0.25) is 0 Å². The topological polar surface area (TPSA) is 65.4 Å². The first-order valence-corrected chi connectivity index (χ1v) is 14.5. The molecule has 8 heteroatoms. The zero-order valence-corrected chi connectivity index (χ0v) is 23.4. The highest BCUT2D eigenvalue weighted by Gasteiger charge is 2.35. The van der Waals surface area contributed by atoms with Gasteiger partial charge in [-0.25, -0.2) is 13.8 Å². The van der Waals surface area contributed by atoms with Gasteiger partial charge in [0.05, 0.1) is 19.8 Å². The van der Waals surface area contributed by atoms with Gasteiger partial charge in [0, 0.05) is 18.4 Å². The molecular weight excluding hydrogens is 512 g/mol. The van der Waals surface area contributed by atoms with Crippen LogP contribution < -0.4 is 14.8 Å². The number of hydrogen-bond acceptors (Lipinski definition) is 4.